The van der Waals surface area contributed by atoms with E-state index in [4.69, 9.17) is 9.52 Å². The SMILES string of the molecule is Cc1ccc(CN2CC[C@H](N3CCN(C)CC3)[C@H](CCC(=O)O)C2)o1. The minimum absolute atomic E-state index is 0.266. The highest BCUT2D eigenvalue weighted by atomic mass is 16.4. The molecule has 6 heteroatoms. The fourth-order valence-electron chi connectivity index (χ4n) is 4.26. The fraction of sp³-hybridized carbons (Fsp3) is 0.737. The van der Waals surface area contributed by atoms with Crippen molar-refractivity contribution in [3.8, 4) is 0 Å². The van der Waals surface area contributed by atoms with Gasteiger partial charge in [0.25, 0.3) is 0 Å². The molecule has 0 aromatic carbocycles. The predicted octanol–water partition coefficient (Wildman–Crippen LogP) is 1.89. The number of aliphatic carboxylic acids is 1. The fourth-order valence-corrected chi connectivity index (χ4v) is 4.26. The van der Waals surface area contributed by atoms with Crippen LogP contribution in [0.15, 0.2) is 16.5 Å². The summed E-state index contributed by atoms with van der Waals surface area (Å²) in [5.41, 5.74) is 0. The third-order valence-corrected chi connectivity index (χ3v) is 5.69. The zero-order valence-corrected chi connectivity index (χ0v) is 15.5. The van der Waals surface area contributed by atoms with Crippen molar-refractivity contribution in [2.75, 3.05) is 46.3 Å². The lowest BCUT2D eigenvalue weighted by molar-refractivity contribution is -0.137. The van der Waals surface area contributed by atoms with Crippen molar-refractivity contribution in [3.63, 3.8) is 0 Å². The van der Waals surface area contributed by atoms with Gasteiger partial charge in [-0.05, 0) is 44.9 Å². The van der Waals surface area contributed by atoms with Crippen LogP contribution in [0.5, 0.6) is 0 Å². The molecule has 0 amide bonds. The molecule has 6 nitrogen and oxygen atoms in total. The lowest BCUT2D eigenvalue weighted by atomic mass is 9.86. The quantitative estimate of drug-likeness (QED) is 0.846. The number of piperidine rings is 1. The van der Waals surface area contributed by atoms with Crippen molar-refractivity contribution >= 4 is 5.97 Å². The van der Waals surface area contributed by atoms with Crippen molar-refractivity contribution in [3.05, 3.63) is 23.7 Å². The molecule has 2 fully saturated rings. The van der Waals surface area contributed by atoms with Crippen LogP contribution in [-0.4, -0.2) is 78.1 Å². The molecular weight excluding hydrogens is 318 g/mol. The number of rotatable bonds is 6. The Morgan fingerprint density at radius 1 is 1.24 bits per heavy atom. The molecule has 25 heavy (non-hydrogen) atoms. The molecule has 2 aliphatic rings. The Morgan fingerprint density at radius 2 is 2.00 bits per heavy atom. The minimum Gasteiger partial charge on any atom is -0.481 e. The lowest BCUT2D eigenvalue weighted by Gasteiger charge is -2.46. The number of likely N-dealkylation sites (tertiary alicyclic amines) is 1. The second kappa shape index (κ2) is 8.34. The molecule has 0 saturated carbocycles. The van der Waals surface area contributed by atoms with E-state index < -0.39 is 5.97 Å². The first-order valence-electron chi connectivity index (χ1n) is 9.43. The number of likely N-dealkylation sites (N-methyl/N-ethyl adjacent to an activating group) is 1. The molecule has 2 saturated heterocycles. The van der Waals surface area contributed by atoms with E-state index in [9.17, 15) is 4.79 Å². The summed E-state index contributed by atoms with van der Waals surface area (Å²) in [6.07, 6.45) is 2.15. The normalized spacial score (nSPS) is 26.8. The zero-order valence-electron chi connectivity index (χ0n) is 15.5. The van der Waals surface area contributed by atoms with Crippen LogP contribution >= 0.6 is 0 Å². The molecule has 0 bridgehead atoms. The summed E-state index contributed by atoms with van der Waals surface area (Å²) in [6, 6.07) is 4.57. The number of nitrogens with zero attached hydrogens (tertiary/aromatic N) is 3. The summed E-state index contributed by atoms with van der Waals surface area (Å²) in [7, 11) is 2.17. The van der Waals surface area contributed by atoms with E-state index in [2.05, 4.69) is 21.7 Å². The number of carboxylic acids is 1. The third-order valence-electron chi connectivity index (χ3n) is 5.69. The molecule has 0 spiro atoms. The lowest BCUT2D eigenvalue weighted by Crippen LogP contribution is -2.56. The topological polar surface area (TPSA) is 60.2 Å². The molecule has 0 unspecified atom stereocenters. The third kappa shape index (κ3) is 5.06. The van der Waals surface area contributed by atoms with Crippen LogP contribution in [-0.2, 0) is 11.3 Å². The van der Waals surface area contributed by atoms with Crippen molar-refractivity contribution in [2.45, 2.75) is 38.8 Å². The average Bonchev–Trinajstić information content (AvgIpc) is 2.99. The van der Waals surface area contributed by atoms with Gasteiger partial charge in [-0.15, -0.1) is 0 Å². The molecule has 3 heterocycles. The molecule has 1 aromatic heterocycles. The molecular formula is C19H31N3O3. The van der Waals surface area contributed by atoms with E-state index in [-0.39, 0.29) is 6.42 Å². The molecule has 3 rings (SSSR count). The second-order valence-corrected chi connectivity index (χ2v) is 7.64. The molecule has 2 aliphatic heterocycles. The maximum absolute atomic E-state index is 11.1. The largest absolute Gasteiger partial charge is 0.481 e. The van der Waals surface area contributed by atoms with E-state index in [0.717, 1.165) is 70.2 Å². The summed E-state index contributed by atoms with van der Waals surface area (Å²) < 4.78 is 5.72. The number of carbonyl (C=O) groups is 1. The maximum Gasteiger partial charge on any atom is 0.303 e. The Labute approximate surface area is 150 Å². The van der Waals surface area contributed by atoms with Gasteiger partial charge < -0.3 is 14.4 Å². The number of furan rings is 1. The number of piperazine rings is 1. The molecule has 0 radical (unpaired) electrons. The summed E-state index contributed by atoms with van der Waals surface area (Å²) >= 11 is 0. The molecule has 1 aromatic rings. The van der Waals surface area contributed by atoms with Crippen molar-refractivity contribution < 1.29 is 14.3 Å². The van der Waals surface area contributed by atoms with E-state index in [1.54, 1.807) is 0 Å². The van der Waals surface area contributed by atoms with Gasteiger partial charge in [-0.3, -0.25) is 14.6 Å². The van der Waals surface area contributed by atoms with E-state index in [1.165, 1.54) is 0 Å². The van der Waals surface area contributed by atoms with Crippen LogP contribution in [0, 0.1) is 12.8 Å². The van der Waals surface area contributed by atoms with Crippen LogP contribution in [0.4, 0.5) is 0 Å². The van der Waals surface area contributed by atoms with Crippen LogP contribution in [0.25, 0.3) is 0 Å². The van der Waals surface area contributed by atoms with E-state index >= 15 is 0 Å². The van der Waals surface area contributed by atoms with Gasteiger partial charge in [-0.2, -0.15) is 0 Å². The Balaban J connectivity index is 1.61. The van der Waals surface area contributed by atoms with Crippen molar-refractivity contribution in [1.29, 1.82) is 0 Å². The van der Waals surface area contributed by atoms with E-state index in [0.29, 0.717) is 12.0 Å². The van der Waals surface area contributed by atoms with Gasteiger partial charge in [0.1, 0.15) is 11.5 Å². The number of aryl methyl sites for hydroxylation is 1. The Morgan fingerprint density at radius 3 is 2.64 bits per heavy atom. The van der Waals surface area contributed by atoms with Gasteiger partial charge in [0.05, 0.1) is 6.54 Å². The van der Waals surface area contributed by atoms with E-state index in [1.807, 2.05) is 19.1 Å². The highest BCUT2D eigenvalue weighted by molar-refractivity contribution is 5.66. The van der Waals surface area contributed by atoms with Gasteiger partial charge in [0.2, 0.25) is 0 Å². The Bertz CT molecular complexity index is 566. The Kier molecular flexibility index (Phi) is 6.15. The summed E-state index contributed by atoms with van der Waals surface area (Å²) in [6.45, 7) is 9.23. The monoisotopic (exact) mass is 349 g/mol. The van der Waals surface area contributed by atoms with Crippen molar-refractivity contribution in [2.24, 2.45) is 5.92 Å². The number of hydrogen-bond donors (Lipinski definition) is 1. The smallest absolute Gasteiger partial charge is 0.303 e. The highest BCUT2D eigenvalue weighted by Crippen LogP contribution is 2.28. The van der Waals surface area contributed by atoms with Gasteiger partial charge in [0.15, 0.2) is 0 Å². The predicted molar refractivity (Wildman–Crippen MR) is 96.6 cm³/mol. The van der Waals surface area contributed by atoms with Crippen molar-refractivity contribution in [1.82, 2.24) is 14.7 Å². The first kappa shape index (κ1) is 18.4. The first-order valence-corrected chi connectivity index (χ1v) is 9.43. The average molecular weight is 349 g/mol. The van der Waals surface area contributed by atoms with Crippen LogP contribution in [0.3, 0.4) is 0 Å². The van der Waals surface area contributed by atoms with Crippen LogP contribution < -0.4 is 0 Å². The van der Waals surface area contributed by atoms with Gasteiger partial charge in [-0.1, -0.05) is 0 Å². The number of hydrogen-bond acceptors (Lipinski definition) is 5. The summed E-state index contributed by atoms with van der Waals surface area (Å²) in [4.78, 5) is 18.5. The van der Waals surface area contributed by atoms with Gasteiger partial charge in [-0.25, -0.2) is 0 Å². The van der Waals surface area contributed by atoms with Gasteiger partial charge in [0, 0.05) is 51.7 Å². The van der Waals surface area contributed by atoms with Gasteiger partial charge >= 0.3 is 5.97 Å². The minimum atomic E-state index is -0.684. The van der Waals surface area contributed by atoms with Crippen LogP contribution in [0.1, 0.15) is 30.8 Å². The highest BCUT2D eigenvalue weighted by Gasteiger charge is 2.34. The number of carboxylic acid groups (broad SMARTS) is 1. The zero-order chi connectivity index (χ0) is 17.8. The van der Waals surface area contributed by atoms with Crippen LogP contribution in [0.2, 0.25) is 0 Å². The molecule has 0 aliphatic carbocycles. The maximum atomic E-state index is 11.1. The second-order valence-electron chi connectivity index (χ2n) is 7.64. The standard InChI is InChI=1S/C19H31N3O3/c1-15-3-5-17(25-15)14-21-8-7-18(16(13-21)4-6-19(23)24)22-11-9-20(2)10-12-22/h3,5,16,18H,4,6-14H2,1-2H3,(H,23,24)/t16-,18+/m1/s1. The molecule has 140 valence electrons. The Hall–Kier alpha value is -1.37. The molecule has 1 N–H and O–H groups in total. The first-order chi connectivity index (χ1) is 12.0. The summed E-state index contributed by atoms with van der Waals surface area (Å²) in [5.74, 6) is 1.69. The molecule has 2 atom stereocenters. The summed E-state index contributed by atoms with van der Waals surface area (Å²) in [5, 5.41) is 9.13.